The van der Waals surface area contributed by atoms with Crippen LogP contribution in [0.25, 0.3) is 0 Å². The molecule has 2 aromatic rings. The highest BCUT2D eigenvalue weighted by atomic mass is 16.5. The number of rotatable bonds is 0. The van der Waals surface area contributed by atoms with Gasteiger partial charge in [-0.3, -0.25) is 0 Å². The largest absolute Gasteiger partial charge is 0.377 e. The fraction of sp³-hybridized carbons (Fsp3) is 0.727. The first-order valence-corrected chi connectivity index (χ1v) is 11.5. The van der Waals surface area contributed by atoms with Gasteiger partial charge in [-0.15, -0.1) is 0 Å². The minimum absolute atomic E-state index is 0.579. The summed E-state index contributed by atoms with van der Waals surface area (Å²) in [5, 5.41) is 0. The molecular weight excluding hydrogens is 416 g/mol. The number of nitrogens with zero attached hydrogens (tertiary/aromatic N) is 4. The number of aromatic nitrogens is 4. The molecule has 0 radical (unpaired) electrons. The third kappa shape index (κ3) is 10.7. The highest BCUT2D eigenvalue weighted by Crippen LogP contribution is 1.90. The lowest BCUT2D eigenvalue weighted by molar-refractivity contribution is -0.698. The van der Waals surface area contributed by atoms with E-state index >= 15 is 0 Å². The lowest BCUT2D eigenvalue weighted by atomic mass is 10.6. The molecule has 0 N–H and O–H groups in total. The SMILES string of the molecule is c1c[n+]2cn1CCOCCOCCOCCn1cc[n+](c1)CCOCCOCCOCC2. The Labute approximate surface area is 190 Å². The van der Waals surface area contributed by atoms with Crippen molar-refractivity contribution in [1.82, 2.24) is 9.13 Å². The van der Waals surface area contributed by atoms with E-state index in [2.05, 4.69) is 30.9 Å². The number of fused-ring (bicyclic) bond motifs is 4. The number of hydrogen-bond acceptors (Lipinski definition) is 6. The van der Waals surface area contributed by atoms with Gasteiger partial charge in [0.2, 0.25) is 12.7 Å². The summed E-state index contributed by atoms with van der Waals surface area (Å²) in [6.07, 6.45) is 12.3. The first-order chi connectivity index (χ1) is 15.9. The maximum atomic E-state index is 5.65. The molecule has 0 unspecified atom stereocenters. The van der Waals surface area contributed by atoms with Gasteiger partial charge in [0.05, 0.1) is 79.3 Å². The monoisotopic (exact) mass is 454 g/mol. The lowest BCUT2D eigenvalue weighted by Gasteiger charge is -2.06. The second kappa shape index (κ2) is 15.9. The van der Waals surface area contributed by atoms with E-state index in [0.717, 1.165) is 26.2 Å². The van der Waals surface area contributed by atoms with Gasteiger partial charge >= 0.3 is 0 Å². The van der Waals surface area contributed by atoms with E-state index in [9.17, 15) is 0 Å². The van der Waals surface area contributed by atoms with Crippen molar-refractivity contribution in [2.45, 2.75) is 26.2 Å². The molecule has 0 fully saturated rings. The molecule has 3 rings (SSSR count). The summed E-state index contributed by atoms with van der Waals surface area (Å²) in [5.74, 6) is 0. The lowest BCUT2D eigenvalue weighted by Crippen LogP contribution is -2.34. The molecule has 0 amide bonds. The van der Waals surface area contributed by atoms with Crippen LogP contribution >= 0.6 is 0 Å². The molecule has 32 heavy (non-hydrogen) atoms. The van der Waals surface area contributed by atoms with E-state index in [4.69, 9.17) is 28.4 Å². The van der Waals surface area contributed by atoms with Crippen molar-refractivity contribution in [2.24, 2.45) is 0 Å². The highest BCUT2D eigenvalue weighted by molar-refractivity contribution is 4.66. The molecule has 3 heterocycles. The Kier molecular flexibility index (Phi) is 12.3. The van der Waals surface area contributed by atoms with Crippen molar-refractivity contribution in [2.75, 3.05) is 79.3 Å². The molecular formula is C22H38N4O6+2. The fourth-order valence-electron chi connectivity index (χ4n) is 3.17. The predicted molar refractivity (Wildman–Crippen MR) is 114 cm³/mol. The maximum absolute atomic E-state index is 5.65. The Hall–Kier alpha value is -1.82. The molecule has 2 aromatic heterocycles. The summed E-state index contributed by atoms with van der Waals surface area (Å²) in [7, 11) is 0. The van der Waals surface area contributed by atoms with E-state index in [1.165, 1.54) is 0 Å². The van der Waals surface area contributed by atoms with Crippen LogP contribution < -0.4 is 9.13 Å². The molecule has 180 valence electrons. The summed E-state index contributed by atoms with van der Waals surface area (Å²) in [4.78, 5) is 0. The maximum Gasteiger partial charge on any atom is 0.243 e. The van der Waals surface area contributed by atoms with Gasteiger partial charge in [0.25, 0.3) is 0 Å². The molecule has 10 heteroatoms. The predicted octanol–water partition coefficient (Wildman–Crippen LogP) is -0.322. The van der Waals surface area contributed by atoms with E-state index < -0.39 is 0 Å². The molecule has 4 bridgehead atoms. The topological polar surface area (TPSA) is 73.0 Å². The zero-order valence-corrected chi connectivity index (χ0v) is 19.0. The fourth-order valence-corrected chi connectivity index (χ4v) is 3.17. The Bertz CT molecular complexity index is 610. The summed E-state index contributed by atoms with van der Waals surface area (Å²) in [6, 6.07) is 0. The average molecular weight is 455 g/mol. The van der Waals surface area contributed by atoms with Crippen molar-refractivity contribution >= 4 is 0 Å². The molecule has 1 aliphatic rings. The van der Waals surface area contributed by atoms with Crippen LogP contribution in [0.2, 0.25) is 0 Å². The van der Waals surface area contributed by atoms with Crippen LogP contribution in [0, 0.1) is 0 Å². The smallest absolute Gasteiger partial charge is 0.243 e. The highest BCUT2D eigenvalue weighted by Gasteiger charge is 2.05. The molecule has 0 aliphatic carbocycles. The Morgan fingerprint density at radius 3 is 1.19 bits per heavy atom. The standard InChI is InChI=1S/C22H38N4O6/c1-2-24-6-10-28-14-18-32-20-16-30-12-8-26-4-3-25(22-26)7-11-29-15-19-31-17-13-27-9-5-23(1)21-24/h1-4,21-22H,5-20H2/q+2. The Balaban J connectivity index is 1.34. The third-order valence-corrected chi connectivity index (χ3v) is 4.96. The van der Waals surface area contributed by atoms with Gasteiger partial charge in [0.1, 0.15) is 51.0 Å². The van der Waals surface area contributed by atoms with Crippen LogP contribution in [-0.4, -0.2) is 88.4 Å². The number of imidazole rings is 2. The van der Waals surface area contributed by atoms with E-state index in [1.807, 2.05) is 24.8 Å². The number of hydrogen-bond donors (Lipinski definition) is 0. The Morgan fingerprint density at radius 1 is 0.438 bits per heavy atom. The van der Waals surface area contributed by atoms with Crippen molar-refractivity contribution in [3.05, 3.63) is 37.4 Å². The van der Waals surface area contributed by atoms with Crippen molar-refractivity contribution in [3.8, 4) is 0 Å². The van der Waals surface area contributed by atoms with Gasteiger partial charge in [-0.25, -0.2) is 18.3 Å². The molecule has 0 spiro atoms. The van der Waals surface area contributed by atoms with Gasteiger partial charge < -0.3 is 28.4 Å². The van der Waals surface area contributed by atoms with E-state index in [0.29, 0.717) is 79.3 Å². The van der Waals surface area contributed by atoms with Crippen molar-refractivity contribution < 1.29 is 37.6 Å². The second-order valence-corrected chi connectivity index (χ2v) is 7.45. The minimum Gasteiger partial charge on any atom is -0.377 e. The van der Waals surface area contributed by atoms with Gasteiger partial charge in [0, 0.05) is 0 Å². The average Bonchev–Trinajstić information content (AvgIpc) is 3.44. The summed E-state index contributed by atoms with van der Waals surface area (Å²) >= 11 is 0. The second-order valence-electron chi connectivity index (χ2n) is 7.45. The molecule has 1 aliphatic heterocycles. The normalized spacial score (nSPS) is 20.2. The van der Waals surface area contributed by atoms with Crippen molar-refractivity contribution in [3.63, 3.8) is 0 Å². The zero-order valence-electron chi connectivity index (χ0n) is 19.0. The van der Waals surface area contributed by atoms with Crippen LogP contribution in [0.4, 0.5) is 0 Å². The first-order valence-electron chi connectivity index (χ1n) is 11.5. The van der Waals surface area contributed by atoms with Gasteiger partial charge in [-0.1, -0.05) is 0 Å². The Morgan fingerprint density at radius 2 is 0.781 bits per heavy atom. The molecule has 0 aromatic carbocycles. The summed E-state index contributed by atoms with van der Waals surface area (Å²) in [5.41, 5.74) is 0. The van der Waals surface area contributed by atoms with Crippen LogP contribution in [0.3, 0.4) is 0 Å². The van der Waals surface area contributed by atoms with E-state index in [1.54, 1.807) is 0 Å². The van der Waals surface area contributed by atoms with Crippen LogP contribution in [0.5, 0.6) is 0 Å². The molecule has 0 saturated heterocycles. The minimum atomic E-state index is 0.579. The first kappa shape index (κ1) is 24.8. The summed E-state index contributed by atoms with van der Waals surface area (Å²) in [6.45, 7) is 10.5. The van der Waals surface area contributed by atoms with Gasteiger partial charge in [0.15, 0.2) is 0 Å². The number of ether oxygens (including phenoxy) is 6. The van der Waals surface area contributed by atoms with E-state index in [-0.39, 0.29) is 0 Å². The van der Waals surface area contributed by atoms with Gasteiger partial charge in [-0.2, -0.15) is 0 Å². The van der Waals surface area contributed by atoms with Crippen LogP contribution in [0.15, 0.2) is 37.4 Å². The van der Waals surface area contributed by atoms with Gasteiger partial charge in [-0.05, 0) is 0 Å². The quantitative estimate of drug-likeness (QED) is 0.508. The summed E-state index contributed by atoms with van der Waals surface area (Å²) < 4.78 is 42.1. The van der Waals surface area contributed by atoms with Crippen LogP contribution in [-0.2, 0) is 54.6 Å². The molecule has 10 nitrogen and oxygen atoms in total. The molecule has 0 atom stereocenters. The van der Waals surface area contributed by atoms with Crippen molar-refractivity contribution in [1.29, 1.82) is 0 Å². The van der Waals surface area contributed by atoms with Crippen LogP contribution in [0.1, 0.15) is 0 Å². The zero-order chi connectivity index (χ0) is 22.1. The third-order valence-electron chi connectivity index (χ3n) is 4.96. The molecule has 0 saturated carbocycles.